The first-order valence-electron chi connectivity index (χ1n) is 11.5. The summed E-state index contributed by atoms with van der Waals surface area (Å²) in [5.41, 5.74) is 0. The second-order valence-electron chi connectivity index (χ2n) is 9.27. The fraction of sp³-hybridized carbons (Fsp3) is 1.00. The van der Waals surface area contributed by atoms with Crippen molar-refractivity contribution in [3.05, 3.63) is 0 Å². The molecule has 0 aromatic rings. The Morgan fingerprint density at radius 3 is 1.41 bits per heavy atom. The second kappa shape index (κ2) is 14.9. The third-order valence-corrected chi connectivity index (χ3v) is 9.18. The maximum absolute atomic E-state index is 9.66. The van der Waals surface area contributed by atoms with E-state index in [1.165, 1.54) is 0 Å². The lowest BCUT2D eigenvalue weighted by atomic mass is 10.2. The summed E-state index contributed by atoms with van der Waals surface area (Å²) in [5, 5.41) is 9.66. The Morgan fingerprint density at radius 1 is 0.655 bits per heavy atom. The topological polar surface area (TPSA) is 48.4 Å². The van der Waals surface area contributed by atoms with Crippen molar-refractivity contribution in [2.75, 3.05) is 53.2 Å². The summed E-state index contributed by atoms with van der Waals surface area (Å²) >= 11 is 0. The van der Waals surface area contributed by atoms with Crippen LogP contribution in [0, 0.1) is 0 Å². The van der Waals surface area contributed by atoms with Gasteiger partial charge in [-0.05, 0) is 74.4 Å². The zero-order valence-electron chi connectivity index (χ0n) is 21.1. The first-order chi connectivity index (χ1) is 13.5. The van der Waals surface area contributed by atoms with Crippen molar-refractivity contribution >= 4 is 8.56 Å². The SMILES string of the molecule is CO[Si](CO)(CCCN(CCN(CCN(C(C)C)C(C)C)C(C)C)C(C)C)OC. The number of hydrogen-bond acceptors (Lipinski definition) is 6. The van der Waals surface area contributed by atoms with Crippen LogP contribution in [0.2, 0.25) is 6.04 Å². The minimum atomic E-state index is -2.42. The minimum absolute atomic E-state index is 0.0189. The lowest BCUT2D eigenvalue weighted by Gasteiger charge is -2.36. The molecule has 0 aliphatic carbocycles. The normalized spacial score (nSPS) is 13.4. The molecule has 0 aliphatic rings. The molecule has 6 nitrogen and oxygen atoms in total. The summed E-state index contributed by atoms with van der Waals surface area (Å²) in [4.78, 5) is 7.72. The minimum Gasteiger partial charge on any atom is -0.396 e. The number of aliphatic hydroxyl groups excluding tert-OH is 1. The molecule has 0 aromatic heterocycles. The third-order valence-electron chi connectivity index (χ3n) is 6.09. The Bertz CT molecular complexity index is 388. The molecule has 0 saturated carbocycles. The number of hydrogen-bond donors (Lipinski definition) is 1. The monoisotopic (exact) mass is 433 g/mol. The quantitative estimate of drug-likeness (QED) is 0.356. The number of rotatable bonds is 17. The summed E-state index contributed by atoms with van der Waals surface area (Å²) in [6.45, 7) is 23.7. The van der Waals surface area contributed by atoms with Crippen LogP contribution in [0.15, 0.2) is 0 Å². The first kappa shape index (κ1) is 29.0. The van der Waals surface area contributed by atoms with Crippen molar-refractivity contribution in [1.29, 1.82) is 0 Å². The van der Waals surface area contributed by atoms with E-state index >= 15 is 0 Å². The number of nitrogens with zero attached hydrogens (tertiary/aromatic N) is 3. The molecule has 0 spiro atoms. The number of aliphatic hydroxyl groups is 1. The maximum atomic E-state index is 9.66. The fourth-order valence-electron chi connectivity index (χ4n) is 3.92. The molecule has 0 bridgehead atoms. The van der Waals surface area contributed by atoms with Gasteiger partial charge in [-0.15, -0.1) is 0 Å². The molecule has 0 rings (SSSR count). The molecule has 0 aromatic carbocycles. The van der Waals surface area contributed by atoms with E-state index in [0.29, 0.717) is 24.2 Å². The zero-order chi connectivity index (χ0) is 22.6. The highest BCUT2D eigenvalue weighted by molar-refractivity contribution is 6.67. The van der Waals surface area contributed by atoms with Gasteiger partial charge < -0.3 is 14.0 Å². The summed E-state index contributed by atoms with van der Waals surface area (Å²) in [6, 6.07) is 3.02. The van der Waals surface area contributed by atoms with Crippen LogP contribution in [0.5, 0.6) is 0 Å². The predicted octanol–water partition coefficient (Wildman–Crippen LogP) is 3.18. The molecule has 29 heavy (non-hydrogen) atoms. The van der Waals surface area contributed by atoms with Gasteiger partial charge in [0.15, 0.2) is 0 Å². The van der Waals surface area contributed by atoms with E-state index in [2.05, 4.69) is 70.1 Å². The predicted molar refractivity (Wildman–Crippen MR) is 127 cm³/mol. The summed E-state index contributed by atoms with van der Waals surface area (Å²) in [6.07, 6.45) is 1.01. The Morgan fingerprint density at radius 2 is 1.07 bits per heavy atom. The van der Waals surface area contributed by atoms with E-state index in [-0.39, 0.29) is 6.23 Å². The van der Waals surface area contributed by atoms with Gasteiger partial charge in [0, 0.05) is 64.6 Å². The Balaban J connectivity index is 4.72. The molecule has 0 aliphatic heterocycles. The van der Waals surface area contributed by atoms with Crippen LogP contribution < -0.4 is 0 Å². The van der Waals surface area contributed by atoms with Crippen LogP contribution in [-0.4, -0.2) is 106 Å². The van der Waals surface area contributed by atoms with E-state index in [4.69, 9.17) is 8.85 Å². The first-order valence-corrected chi connectivity index (χ1v) is 13.7. The van der Waals surface area contributed by atoms with Gasteiger partial charge >= 0.3 is 8.56 Å². The molecule has 0 unspecified atom stereocenters. The van der Waals surface area contributed by atoms with E-state index in [9.17, 15) is 5.11 Å². The van der Waals surface area contributed by atoms with Crippen molar-refractivity contribution < 1.29 is 14.0 Å². The molecule has 0 amide bonds. The molecular formula is C22H51N3O3Si. The van der Waals surface area contributed by atoms with E-state index < -0.39 is 8.56 Å². The smallest absolute Gasteiger partial charge is 0.364 e. The van der Waals surface area contributed by atoms with E-state index in [0.717, 1.165) is 45.2 Å². The van der Waals surface area contributed by atoms with Gasteiger partial charge in [-0.2, -0.15) is 0 Å². The van der Waals surface area contributed by atoms with Gasteiger partial charge in [-0.1, -0.05) is 0 Å². The largest absolute Gasteiger partial charge is 0.396 e. The van der Waals surface area contributed by atoms with Crippen LogP contribution in [-0.2, 0) is 8.85 Å². The van der Waals surface area contributed by atoms with Crippen molar-refractivity contribution in [3.8, 4) is 0 Å². The summed E-state index contributed by atoms with van der Waals surface area (Å²) < 4.78 is 11.1. The van der Waals surface area contributed by atoms with Gasteiger partial charge in [0.2, 0.25) is 0 Å². The molecule has 0 atom stereocenters. The molecular weight excluding hydrogens is 382 g/mol. The van der Waals surface area contributed by atoms with Crippen molar-refractivity contribution in [2.24, 2.45) is 0 Å². The average molecular weight is 434 g/mol. The van der Waals surface area contributed by atoms with Gasteiger partial charge in [0.05, 0.1) is 6.23 Å². The van der Waals surface area contributed by atoms with Crippen LogP contribution in [0.25, 0.3) is 0 Å². The molecule has 7 heteroatoms. The van der Waals surface area contributed by atoms with Crippen molar-refractivity contribution in [1.82, 2.24) is 14.7 Å². The highest BCUT2D eigenvalue weighted by atomic mass is 28.4. The van der Waals surface area contributed by atoms with Gasteiger partial charge in [-0.25, -0.2) is 0 Å². The Labute approximate surface area is 182 Å². The zero-order valence-corrected chi connectivity index (χ0v) is 22.1. The van der Waals surface area contributed by atoms with Crippen molar-refractivity contribution in [3.63, 3.8) is 0 Å². The average Bonchev–Trinajstić information content (AvgIpc) is 2.65. The van der Waals surface area contributed by atoms with Crippen LogP contribution in [0.3, 0.4) is 0 Å². The van der Waals surface area contributed by atoms with E-state index in [1.54, 1.807) is 14.2 Å². The Hall–Kier alpha value is -0.0231. The van der Waals surface area contributed by atoms with E-state index in [1.807, 2.05) is 0 Å². The third kappa shape index (κ3) is 10.7. The highest BCUT2D eigenvalue weighted by Gasteiger charge is 2.34. The highest BCUT2D eigenvalue weighted by Crippen LogP contribution is 2.15. The molecule has 0 heterocycles. The van der Waals surface area contributed by atoms with Crippen LogP contribution >= 0.6 is 0 Å². The van der Waals surface area contributed by atoms with Crippen LogP contribution in [0.4, 0.5) is 0 Å². The van der Waals surface area contributed by atoms with Crippen molar-refractivity contribution in [2.45, 2.75) is 92.0 Å². The molecule has 0 fully saturated rings. The summed E-state index contributed by atoms with van der Waals surface area (Å²) in [7, 11) is 0.898. The molecule has 1 N–H and O–H groups in total. The fourth-order valence-corrected chi connectivity index (χ4v) is 5.61. The second-order valence-corrected chi connectivity index (χ2v) is 12.7. The standard InChI is InChI=1S/C22H51N3O3Si/c1-19(2)23(12-11-17-29(18-26,27-9)28-10)13-14-24(20(3)4)15-16-25(21(5)6)22(7)8/h19-22,26H,11-18H2,1-10H3. The molecule has 0 radical (unpaired) electrons. The van der Waals surface area contributed by atoms with Gasteiger partial charge in [-0.3, -0.25) is 14.7 Å². The molecule has 176 valence electrons. The van der Waals surface area contributed by atoms with Gasteiger partial charge in [0.1, 0.15) is 0 Å². The lowest BCUT2D eigenvalue weighted by Crippen LogP contribution is -2.47. The Kier molecular flexibility index (Phi) is 14.9. The van der Waals surface area contributed by atoms with Crippen LogP contribution in [0.1, 0.15) is 61.8 Å². The lowest BCUT2D eigenvalue weighted by molar-refractivity contribution is 0.113. The summed E-state index contributed by atoms with van der Waals surface area (Å²) in [5.74, 6) is 0. The van der Waals surface area contributed by atoms with Gasteiger partial charge in [0.25, 0.3) is 0 Å². The maximum Gasteiger partial charge on any atom is 0.364 e. The molecule has 0 saturated heterocycles.